The standard InChI is InChI=1S/C13H12N4O2S.ClH/c1-2-19-10(18)7-20-13-15-12-11(16-17-13)8-5-3-4-6-9(8)14-12;/h3-6H,2,7H2,1H3,(H,14,15,17);1H. The van der Waals surface area contributed by atoms with Crippen LogP contribution in [0.25, 0.3) is 22.1 Å². The summed E-state index contributed by atoms with van der Waals surface area (Å²) in [5.41, 5.74) is 2.38. The van der Waals surface area contributed by atoms with Gasteiger partial charge in [-0.15, -0.1) is 22.6 Å². The number of para-hydroxylation sites is 1. The molecule has 0 amide bonds. The molecule has 8 heteroatoms. The highest BCUT2D eigenvalue weighted by atomic mass is 35.5. The molecule has 3 rings (SSSR count). The summed E-state index contributed by atoms with van der Waals surface area (Å²) in [4.78, 5) is 18.9. The molecule has 0 bridgehead atoms. The van der Waals surface area contributed by atoms with Crippen molar-refractivity contribution in [2.24, 2.45) is 0 Å². The van der Waals surface area contributed by atoms with E-state index >= 15 is 0 Å². The van der Waals surface area contributed by atoms with E-state index in [1.165, 1.54) is 11.8 Å². The minimum Gasteiger partial charge on any atom is -0.465 e. The SMILES string of the molecule is CCOC(=O)CSc1nnc2c(n1)[nH]c1ccccc12.Cl. The minimum absolute atomic E-state index is 0. The average Bonchev–Trinajstić information content (AvgIpc) is 2.83. The van der Waals surface area contributed by atoms with Gasteiger partial charge in [-0.2, -0.15) is 0 Å². The predicted molar refractivity (Wildman–Crippen MR) is 83.8 cm³/mol. The van der Waals surface area contributed by atoms with Gasteiger partial charge in [0.15, 0.2) is 5.65 Å². The van der Waals surface area contributed by atoms with Crippen molar-refractivity contribution in [3.63, 3.8) is 0 Å². The molecule has 21 heavy (non-hydrogen) atoms. The van der Waals surface area contributed by atoms with Gasteiger partial charge < -0.3 is 9.72 Å². The molecule has 0 fully saturated rings. The number of hydrogen-bond acceptors (Lipinski definition) is 6. The van der Waals surface area contributed by atoms with E-state index in [0.717, 1.165) is 16.4 Å². The number of carbonyl (C=O) groups is 1. The monoisotopic (exact) mass is 324 g/mol. The molecule has 2 aromatic heterocycles. The van der Waals surface area contributed by atoms with Crippen LogP contribution >= 0.6 is 24.2 Å². The van der Waals surface area contributed by atoms with Crippen LogP contribution in [0.2, 0.25) is 0 Å². The number of esters is 1. The van der Waals surface area contributed by atoms with Crippen LogP contribution in [-0.2, 0) is 9.53 Å². The fourth-order valence-electron chi connectivity index (χ4n) is 1.89. The molecule has 0 aliphatic rings. The number of H-pyrrole nitrogens is 1. The summed E-state index contributed by atoms with van der Waals surface area (Å²) in [6.45, 7) is 2.15. The third kappa shape index (κ3) is 3.25. The van der Waals surface area contributed by atoms with Gasteiger partial charge in [-0.3, -0.25) is 4.79 Å². The fraction of sp³-hybridized carbons (Fsp3) is 0.231. The van der Waals surface area contributed by atoms with Crippen molar-refractivity contribution in [1.82, 2.24) is 20.2 Å². The number of rotatable bonds is 4. The summed E-state index contributed by atoms with van der Waals surface area (Å²) < 4.78 is 4.86. The van der Waals surface area contributed by atoms with Gasteiger partial charge in [0.05, 0.1) is 12.4 Å². The summed E-state index contributed by atoms with van der Waals surface area (Å²) >= 11 is 1.21. The summed E-state index contributed by atoms with van der Waals surface area (Å²) in [5.74, 6) is -0.0980. The number of thioether (sulfide) groups is 1. The molecule has 0 unspecified atom stereocenters. The lowest BCUT2D eigenvalue weighted by atomic mass is 10.2. The van der Waals surface area contributed by atoms with Gasteiger partial charge in [-0.05, 0) is 13.0 Å². The number of nitrogens with zero attached hydrogens (tertiary/aromatic N) is 3. The van der Waals surface area contributed by atoms with Crippen molar-refractivity contribution in [2.45, 2.75) is 12.1 Å². The van der Waals surface area contributed by atoms with Gasteiger partial charge >= 0.3 is 5.97 Å². The van der Waals surface area contributed by atoms with Crippen LogP contribution in [0, 0.1) is 0 Å². The van der Waals surface area contributed by atoms with Crippen molar-refractivity contribution in [2.75, 3.05) is 12.4 Å². The van der Waals surface area contributed by atoms with Crippen molar-refractivity contribution >= 4 is 52.2 Å². The Labute approximate surface area is 131 Å². The summed E-state index contributed by atoms with van der Waals surface area (Å²) in [6, 6.07) is 7.82. The third-order valence-electron chi connectivity index (χ3n) is 2.73. The molecule has 3 aromatic rings. The normalized spacial score (nSPS) is 10.5. The highest BCUT2D eigenvalue weighted by molar-refractivity contribution is 7.99. The second kappa shape index (κ2) is 6.73. The maximum absolute atomic E-state index is 11.3. The highest BCUT2D eigenvalue weighted by Crippen LogP contribution is 2.23. The predicted octanol–water partition coefficient (Wildman–Crippen LogP) is 2.58. The molecular weight excluding hydrogens is 312 g/mol. The lowest BCUT2D eigenvalue weighted by Gasteiger charge is -2.00. The number of hydrogen-bond donors (Lipinski definition) is 1. The molecule has 1 N–H and O–H groups in total. The first-order valence-corrected chi connectivity index (χ1v) is 7.16. The summed E-state index contributed by atoms with van der Waals surface area (Å²) in [6.07, 6.45) is 0. The zero-order chi connectivity index (χ0) is 13.9. The Morgan fingerprint density at radius 3 is 2.95 bits per heavy atom. The quantitative estimate of drug-likeness (QED) is 0.587. The molecule has 0 saturated heterocycles. The molecule has 110 valence electrons. The highest BCUT2D eigenvalue weighted by Gasteiger charge is 2.10. The van der Waals surface area contributed by atoms with Crippen molar-refractivity contribution in [3.8, 4) is 0 Å². The second-order valence-electron chi connectivity index (χ2n) is 4.06. The Kier molecular flexibility index (Phi) is 4.98. The first-order valence-electron chi connectivity index (χ1n) is 6.17. The first kappa shape index (κ1) is 15.5. The van der Waals surface area contributed by atoms with Gasteiger partial charge in [0.1, 0.15) is 5.52 Å². The lowest BCUT2D eigenvalue weighted by Crippen LogP contribution is -2.07. The molecule has 6 nitrogen and oxygen atoms in total. The van der Waals surface area contributed by atoms with Gasteiger partial charge in [0.25, 0.3) is 0 Å². The van der Waals surface area contributed by atoms with Crippen LogP contribution in [0.1, 0.15) is 6.92 Å². The van der Waals surface area contributed by atoms with Crippen molar-refractivity contribution in [1.29, 1.82) is 0 Å². The zero-order valence-corrected chi connectivity index (χ0v) is 12.8. The maximum atomic E-state index is 11.3. The third-order valence-corrected chi connectivity index (χ3v) is 3.54. The molecule has 0 aliphatic heterocycles. The molecule has 0 aliphatic carbocycles. The van der Waals surface area contributed by atoms with Crippen LogP contribution in [0.15, 0.2) is 29.4 Å². The molecule has 0 atom stereocenters. The largest absolute Gasteiger partial charge is 0.465 e. The number of aromatic amines is 1. The van der Waals surface area contributed by atoms with Gasteiger partial charge in [-0.25, -0.2) is 4.98 Å². The van der Waals surface area contributed by atoms with E-state index in [4.69, 9.17) is 4.74 Å². The van der Waals surface area contributed by atoms with Crippen LogP contribution in [0.3, 0.4) is 0 Å². The number of aromatic nitrogens is 4. The Hall–Kier alpha value is -1.86. The Morgan fingerprint density at radius 1 is 1.33 bits per heavy atom. The zero-order valence-electron chi connectivity index (χ0n) is 11.2. The van der Waals surface area contributed by atoms with Crippen molar-refractivity contribution < 1.29 is 9.53 Å². The topological polar surface area (TPSA) is 80.8 Å². The summed E-state index contributed by atoms with van der Waals surface area (Å²) in [7, 11) is 0. The number of nitrogens with one attached hydrogen (secondary N) is 1. The smallest absolute Gasteiger partial charge is 0.316 e. The second-order valence-corrected chi connectivity index (χ2v) is 5.00. The van der Waals surface area contributed by atoms with E-state index in [1.807, 2.05) is 24.3 Å². The summed E-state index contributed by atoms with van der Waals surface area (Å²) in [5, 5.41) is 9.66. The van der Waals surface area contributed by atoms with Crippen LogP contribution in [0.5, 0.6) is 0 Å². The van der Waals surface area contributed by atoms with Gasteiger partial charge in [0.2, 0.25) is 5.16 Å². The fourth-order valence-corrected chi connectivity index (χ4v) is 2.48. The van der Waals surface area contributed by atoms with E-state index in [1.54, 1.807) is 6.92 Å². The number of halogens is 1. The number of ether oxygens (including phenoxy) is 1. The number of benzene rings is 1. The lowest BCUT2D eigenvalue weighted by molar-refractivity contribution is -0.139. The van der Waals surface area contributed by atoms with Crippen LogP contribution in [-0.4, -0.2) is 38.5 Å². The van der Waals surface area contributed by atoms with E-state index in [0.29, 0.717) is 17.4 Å². The number of fused-ring (bicyclic) bond motifs is 3. The number of carbonyl (C=O) groups excluding carboxylic acids is 1. The Balaban J connectivity index is 0.00000161. The molecule has 2 heterocycles. The minimum atomic E-state index is -0.280. The van der Waals surface area contributed by atoms with E-state index in [9.17, 15) is 4.79 Å². The Morgan fingerprint density at radius 2 is 2.14 bits per heavy atom. The molecule has 1 aromatic carbocycles. The van der Waals surface area contributed by atoms with Crippen LogP contribution < -0.4 is 0 Å². The molecular formula is C13H13ClN4O2S. The van der Waals surface area contributed by atoms with E-state index in [-0.39, 0.29) is 24.1 Å². The molecule has 0 radical (unpaired) electrons. The van der Waals surface area contributed by atoms with E-state index in [2.05, 4.69) is 20.2 Å². The van der Waals surface area contributed by atoms with E-state index < -0.39 is 0 Å². The Bertz CT molecular complexity index is 777. The molecule has 0 saturated carbocycles. The van der Waals surface area contributed by atoms with Gasteiger partial charge in [-0.1, -0.05) is 30.0 Å². The first-order chi connectivity index (χ1) is 9.78. The van der Waals surface area contributed by atoms with Crippen molar-refractivity contribution in [3.05, 3.63) is 24.3 Å². The maximum Gasteiger partial charge on any atom is 0.316 e. The average molecular weight is 325 g/mol. The van der Waals surface area contributed by atoms with Gasteiger partial charge in [0, 0.05) is 10.9 Å². The van der Waals surface area contributed by atoms with Crippen LogP contribution in [0.4, 0.5) is 0 Å². The molecule has 0 spiro atoms.